The molecule has 0 aliphatic carbocycles. The van der Waals surface area contributed by atoms with Gasteiger partial charge in [0.05, 0.1) is 24.5 Å². The minimum atomic E-state index is -0.895. The summed E-state index contributed by atoms with van der Waals surface area (Å²) < 4.78 is 10.5. The van der Waals surface area contributed by atoms with Crippen LogP contribution in [-0.2, 0) is 4.74 Å². The predicted molar refractivity (Wildman–Crippen MR) is 88.1 cm³/mol. The number of imidazole rings is 1. The lowest BCUT2D eigenvalue weighted by Crippen LogP contribution is -2.29. The highest BCUT2D eigenvalue weighted by Crippen LogP contribution is 2.31. The Morgan fingerprint density at radius 2 is 2.17 bits per heavy atom. The number of carbonyl (C=O) groups is 1. The van der Waals surface area contributed by atoms with Gasteiger partial charge in [-0.3, -0.25) is 4.90 Å². The molecule has 0 saturated carbocycles. The zero-order valence-corrected chi connectivity index (χ0v) is 13.6. The van der Waals surface area contributed by atoms with E-state index in [1.807, 2.05) is 24.3 Å². The summed E-state index contributed by atoms with van der Waals surface area (Å²) in [5, 5.41) is 9.25. The summed E-state index contributed by atoms with van der Waals surface area (Å²) in [5.74, 6) is 1.48. The van der Waals surface area contributed by atoms with E-state index < -0.39 is 6.09 Å². The number of likely N-dealkylation sites (tertiary alicyclic amines) is 1. The Bertz CT molecular complexity index is 683. The molecule has 1 saturated heterocycles. The van der Waals surface area contributed by atoms with E-state index >= 15 is 0 Å². The lowest BCUT2D eigenvalue weighted by Gasteiger charge is -2.19. The summed E-state index contributed by atoms with van der Waals surface area (Å²) in [5.41, 5.74) is 1.85. The van der Waals surface area contributed by atoms with Crippen LogP contribution in [0.3, 0.4) is 0 Å². The van der Waals surface area contributed by atoms with Crippen LogP contribution in [-0.4, -0.2) is 52.9 Å². The molecule has 2 N–H and O–H groups in total. The van der Waals surface area contributed by atoms with Crippen molar-refractivity contribution in [3.63, 3.8) is 0 Å². The second-order valence-corrected chi connectivity index (χ2v) is 5.68. The van der Waals surface area contributed by atoms with Crippen LogP contribution < -0.4 is 4.74 Å². The van der Waals surface area contributed by atoms with Gasteiger partial charge in [-0.15, -0.1) is 0 Å². The SMILES string of the molecule is COCCOc1ccc(-c2cnc([C@@H]3CCCN3C(=O)O)[nH]2)cc1. The van der Waals surface area contributed by atoms with Gasteiger partial charge in [-0.1, -0.05) is 0 Å². The second kappa shape index (κ2) is 7.35. The van der Waals surface area contributed by atoms with Crippen LogP contribution in [0.5, 0.6) is 5.75 Å². The van der Waals surface area contributed by atoms with Gasteiger partial charge in [0.15, 0.2) is 0 Å². The third-order valence-electron chi connectivity index (χ3n) is 4.13. The van der Waals surface area contributed by atoms with Crippen molar-refractivity contribution in [3.8, 4) is 17.0 Å². The number of nitrogens with one attached hydrogen (secondary N) is 1. The van der Waals surface area contributed by atoms with E-state index in [2.05, 4.69) is 9.97 Å². The largest absolute Gasteiger partial charge is 0.491 e. The Morgan fingerprint density at radius 3 is 2.88 bits per heavy atom. The van der Waals surface area contributed by atoms with Crippen molar-refractivity contribution in [2.45, 2.75) is 18.9 Å². The van der Waals surface area contributed by atoms with Crippen molar-refractivity contribution >= 4 is 6.09 Å². The molecule has 1 aliphatic heterocycles. The van der Waals surface area contributed by atoms with Crippen molar-refractivity contribution < 1.29 is 19.4 Å². The molecule has 0 bridgehead atoms. The second-order valence-electron chi connectivity index (χ2n) is 5.68. The predicted octanol–water partition coefficient (Wildman–Crippen LogP) is 2.92. The number of nitrogens with zero attached hydrogens (tertiary/aromatic N) is 2. The first-order chi connectivity index (χ1) is 11.7. The first kappa shape index (κ1) is 16.3. The van der Waals surface area contributed by atoms with E-state index in [0.29, 0.717) is 25.6 Å². The normalized spacial score (nSPS) is 17.2. The third-order valence-corrected chi connectivity index (χ3v) is 4.13. The van der Waals surface area contributed by atoms with Gasteiger partial charge in [-0.2, -0.15) is 0 Å². The maximum absolute atomic E-state index is 11.3. The third kappa shape index (κ3) is 3.51. The van der Waals surface area contributed by atoms with E-state index in [0.717, 1.165) is 29.8 Å². The lowest BCUT2D eigenvalue weighted by molar-refractivity contribution is 0.139. The zero-order valence-electron chi connectivity index (χ0n) is 13.6. The van der Waals surface area contributed by atoms with Crippen molar-refractivity contribution in [3.05, 3.63) is 36.3 Å². The molecule has 1 fully saturated rings. The fraction of sp³-hybridized carbons (Fsp3) is 0.412. The van der Waals surface area contributed by atoms with Gasteiger partial charge in [0.1, 0.15) is 18.2 Å². The Labute approximate surface area is 140 Å². The summed E-state index contributed by atoms with van der Waals surface area (Å²) in [6.45, 7) is 1.62. The summed E-state index contributed by atoms with van der Waals surface area (Å²) >= 11 is 0. The van der Waals surface area contributed by atoms with Crippen LogP contribution in [0, 0.1) is 0 Å². The summed E-state index contributed by atoms with van der Waals surface area (Å²) in [6, 6.07) is 7.49. The number of benzene rings is 1. The maximum atomic E-state index is 11.3. The minimum Gasteiger partial charge on any atom is -0.491 e. The number of rotatable bonds is 6. The van der Waals surface area contributed by atoms with Crippen LogP contribution in [0.2, 0.25) is 0 Å². The molecular weight excluding hydrogens is 310 g/mol. The van der Waals surface area contributed by atoms with Gasteiger partial charge in [0, 0.05) is 13.7 Å². The number of carboxylic acid groups (broad SMARTS) is 1. The van der Waals surface area contributed by atoms with Crippen molar-refractivity contribution in [2.75, 3.05) is 26.9 Å². The number of methoxy groups -OCH3 is 1. The van der Waals surface area contributed by atoms with E-state index in [9.17, 15) is 9.90 Å². The molecule has 2 aromatic rings. The molecule has 1 atom stereocenters. The first-order valence-corrected chi connectivity index (χ1v) is 7.95. The van der Waals surface area contributed by atoms with E-state index in [-0.39, 0.29) is 6.04 Å². The first-order valence-electron chi connectivity index (χ1n) is 7.95. The van der Waals surface area contributed by atoms with E-state index in [1.165, 1.54) is 4.90 Å². The standard InChI is InChI=1S/C17H21N3O4/c1-23-9-10-24-13-6-4-12(5-7-13)14-11-18-16(19-14)15-3-2-8-20(15)17(21)22/h4-7,11,15H,2-3,8-10H2,1H3,(H,18,19)(H,21,22)/t15-/m0/s1. The summed E-state index contributed by atoms with van der Waals surface area (Å²) in [7, 11) is 1.64. The monoisotopic (exact) mass is 331 g/mol. The number of aromatic nitrogens is 2. The van der Waals surface area contributed by atoms with Crippen LogP contribution in [0.15, 0.2) is 30.5 Å². The van der Waals surface area contributed by atoms with Gasteiger partial charge >= 0.3 is 6.09 Å². The number of H-pyrrole nitrogens is 1. The smallest absolute Gasteiger partial charge is 0.407 e. The number of hydrogen-bond acceptors (Lipinski definition) is 4. The number of amides is 1. The Hall–Kier alpha value is -2.54. The number of hydrogen-bond donors (Lipinski definition) is 2. The molecule has 3 rings (SSSR count). The minimum absolute atomic E-state index is 0.187. The molecule has 2 heterocycles. The molecule has 7 heteroatoms. The molecule has 0 radical (unpaired) electrons. The van der Waals surface area contributed by atoms with Gasteiger partial charge in [-0.05, 0) is 42.7 Å². The highest BCUT2D eigenvalue weighted by Gasteiger charge is 2.31. The molecule has 1 aromatic heterocycles. The molecule has 0 unspecified atom stereocenters. The maximum Gasteiger partial charge on any atom is 0.407 e. The van der Waals surface area contributed by atoms with Gasteiger partial charge in [0.25, 0.3) is 0 Å². The molecule has 128 valence electrons. The molecule has 0 spiro atoms. The van der Waals surface area contributed by atoms with Crippen LogP contribution in [0.4, 0.5) is 4.79 Å². The van der Waals surface area contributed by atoms with Crippen molar-refractivity contribution in [1.82, 2.24) is 14.9 Å². The topological polar surface area (TPSA) is 87.7 Å². The highest BCUT2D eigenvalue weighted by molar-refractivity contribution is 5.66. The average Bonchev–Trinajstić information content (AvgIpc) is 3.25. The fourth-order valence-electron chi connectivity index (χ4n) is 2.91. The highest BCUT2D eigenvalue weighted by atomic mass is 16.5. The summed E-state index contributed by atoms with van der Waals surface area (Å²) in [4.78, 5) is 20.3. The quantitative estimate of drug-likeness (QED) is 0.795. The van der Waals surface area contributed by atoms with Gasteiger partial charge in [0.2, 0.25) is 0 Å². The van der Waals surface area contributed by atoms with Gasteiger partial charge in [-0.25, -0.2) is 9.78 Å². The molecule has 1 aromatic carbocycles. The zero-order chi connectivity index (χ0) is 16.9. The lowest BCUT2D eigenvalue weighted by atomic mass is 10.1. The van der Waals surface area contributed by atoms with Gasteiger partial charge < -0.3 is 19.6 Å². The molecular formula is C17H21N3O4. The van der Waals surface area contributed by atoms with Crippen molar-refractivity contribution in [1.29, 1.82) is 0 Å². The average molecular weight is 331 g/mol. The Morgan fingerprint density at radius 1 is 1.38 bits per heavy atom. The molecule has 7 nitrogen and oxygen atoms in total. The molecule has 1 aliphatic rings. The number of ether oxygens (including phenoxy) is 2. The molecule has 1 amide bonds. The van der Waals surface area contributed by atoms with Crippen LogP contribution >= 0.6 is 0 Å². The fourth-order valence-corrected chi connectivity index (χ4v) is 2.91. The van der Waals surface area contributed by atoms with Crippen LogP contribution in [0.1, 0.15) is 24.7 Å². The number of aromatic amines is 1. The summed E-state index contributed by atoms with van der Waals surface area (Å²) in [6.07, 6.45) is 2.51. The Balaban J connectivity index is 1.70. The van der Waals surface area contributed by atoms with E-state index in [1.54, 1.807) is 13.3 Å². The molecule has 24 heavy (non-hydrogen) atoms. The Kier molecular flexibility index (Phi) is 5.00. The van der Waals surface area contributed by atoms with Crippen molar-refractivity contribution in [2.24, 2.45) is 0 Å². The van der Waals surface area contributed by atoms with E-state index in [4.69, 9.17) is 9.47 Å². The van der Waals surface area contributed by atoms with Crippen LogP contribution in [0.25, 0.3) is 11.3 Å².